The van der Waals surface area contributed by atoms with E-state index in [0.717, 1.165) is 31.4 Å². The molecule has 1 aromatic rings. The van der Waals surface area contributed by atoms with Crippen LogP contribution >= 0.6 is 0 Å². The van der Waals surface area contributed by atoms with Crippen molar-refractivity contribution in [2.45, 2.75) is 31.3 Å². The molecule has 0 heterocycles. The monoisotopic (exact) mass is 251 g/mol. The van der Waals surface area contributed by atoms with Crippen LogP contribution in [0.5, 0.6) is 0 Å². The minimum atomic E-state index is -0.623. The van der Waals surface area contributed by atoms with Gasteiger partial charge in [0.25, 0.3) is 0 Å². The zero-order valence-corrected chi connectivity index (χ0v) is 11.2. The maximum absolute atomic E-state index is 12.9. The number of hydrogen-bond acceptors (Lipinski definition) is 2. The van der Waals surface area contributed by atoms with E-state index in [1.54, 1.807) is 12.1 Å². The first-order valence-electron chi connectivity index (χ1n) is 6.61. The van der Waals surface area contributed by atoms with E-state index in [1.165, 1.54) is 12.1 Å². The van der Waals surface area contributed by atoms with Crippen molar-refractivity contribution in [3.8, 4) is 0 Å². The van der Waals surface area contributed by atoms with Gasteiger partial charge in [0.05, 0.1) is 5.60 Å². The molecule has 1 saturated carbocycles. The zero-order valence-electron chi connectivity index (χ0n) is 11.2. The van der Waals surface area contributed by atoms with Crippen LogP contribution < -0.4 is 0 Å². The van der Waals surface area contributed by atoms with E-state index in [1.807, 2.05) is 14.1 Å². The maximum atomic E-state index is 12.9. The number of aliphatic hydroxyl groups is 1. The quantitative estimate of drug-likeness (QED) is 0.888. The van der Waals surface area contributed by atoms with Crippen molar-refractivity contribution in [1.29, 1.82) is 0 Å². The highest BCUT2D eigenvalue weighted by atomic mass is 19.1. The molecule has 0 saturated heterocycles. The second kappa shape index (κ2) is 5.37. The van der Waals surface area contributed by atoms with Gasteiger partial charge in [-0.1, -0.05) is 18.6 Å². The molecule has 0 spiro atoms. The van der Waals surface area contributed by atoms with Crippen LogP contribution in [-0.2, 0) is 6.42 Å². The first-order valence-corrected chi connectivity index (χ1v) is 6.61. The minimum absolute atomic E-state index is 0.220. The maximum Gasteiger partial charge on any atom is 0.123 e. The lowest BCUT2D eigenvalue weighted by molar-refractivity contribution is -0.00569. The Kier molecular flexibility index (Phi) is 4.03. The van der Waals surface area contributed by atoms with E-state index in [4.69, 9.17) is 0 Å². The van der Waals surface area contributed by atoms with Gasteiger partial charge in [-0.25, -0.2) is 4.39 Å². The molecule has 0 aromatic heterocycles. The van der Waals surface area contributed by atoms with Gasteiger partial charge in [0.1, 0.15) is 5.82 Å². The van der Waals surface area contributed by atoms with Gasteiger partial charge in [-0.3, -0.25) is 0 Å². The summed E-state index contributed by atoms with van der Waals surface area (Å²) in [7, 11) is 4.08. The summed E-state index contributed by atoms with van der Waals surface area (Å²) in [6.45, 7) is 0.914. The highest BCUT2D eigenvalue weighted by Crippen LogP contribution is 2.38. The van der Waals surface area contributed by atoms with Gasteiger partial charge in [0.2, 0.25) is 0 Å². The third kappa shape index (κ3) is 3.09. The molecule has 1 N–H and O–H groups in total. The lowest BCUT2D eigenvalue weighted by Crippen LogP contribution is -2.40. The molecule has 2 nitrogen and oxygen atoms in total. The van der Waals surface area contributed by atoms with Gasteiger partial charge in [-0.05, 0) is 44.6 Å². The summed E-state index contributed by atoms with van der Waals surface area (Å²) in [6, 6.07) is 6.49. The smallest absolute Gasteiger partial charge is 0.123 e. The molecule has 100 valence electrons. The lowest BCUT2D eigenvalue weighted by atomic mass is 9.84. The average molecular weight is 251 g/mol. The number of benzene rings is 1. The van der Waals surface area contributed by atoms with Gasteiger partial charge in [0.15, 0.2) is 0 Å². The summed E-state index contributed by atoms with van der Waals surface area (Å²) in [5.74, 6) is 0.0968. The van der Waals surface area contributed by atoms with Crippen molar-refractivity contribution in [3.63, 3.8) is 0 Å². The third-order valence-corrected chi connectivity index (χ3v) is 3.93. The molecule has 1 fully saturated rings. The Bertz CT molecular complexity index is 390. The topological polar surface area (TPSA) is 23.5 Å². The zero-order chi connectivity index (χ0) is 13.2. The number of rotatable bonds is 4. The molecule has 0 bridgehead atoms. The van der Waals surface area contributed by atoms with Crippen LogP contribution in [0.25, 0.3) is 0 Å². The minimum Gasteiger partial charge on any atom is -0.389 e. The molecule has 1 aromatic carbocycles. The third-order valence-electron chi connectivity index (χ3n) is 3.93. The molecule has 1 aliphatic carbocycles. The first kappa shape index (κ1) is 13.5. The van der Waals surface area contributed by atoms with Crippen molar-refractivity contribution in [3.05, 3.63) is 35.6 Å². The number of halogens is 1. The normalized spacial score (nSPS) is 27.9. The number of hydrogen-bond donors (Lipinski definition) is 1. The van der Waals surface area contributed by atoms with E-state index in [2.05, 4.69) is 4.90 Å². The van der Waals surface area contributed by atoms with E-state index >= 15 is 0 Å². The van der Waals surface area contributed by atoms with Crippen LogP contribution in [0, 0.1) is 11.7 Å². The van der Waals surface area contributed by atoms with Gasteiger partial charge in [-0.15, -0.1) is 0 Å². The molecule has 2 rings (SSSR count). The van der Waals surface area contributed by atoms with E-state index < -0.39 is 5.60 Å². The summed E-state index contributed by atoms with van der Waals surface area (Å²) in [5.41, 5.74) is 0.395. The first-order chi connectivity index (χ1) is 8.49. The van der Waals surface area contributed by atoms with Gasteiger partial charge in [-0.2, -0.15) is 0 Å². The molecule has 0 radical (unpaired) electrons. The Morgan fingerprint density at radius 3 is 2.61 bits per heavy atom. The van der Waals surface area contributed by atoms with Crippen LogP contribution in [0.4, 0.5) is 4.39 Å². The lowest BCUT2D eigenvalue weighted by Gasteiger charge is -2.32. The predicted octanol–water partition coefficient (Wildman–Crippen LogP) is 2.46. The van der Waals surface area contributed by atoms with Crippen LogP contribution in [0.3, 0.4) is 0 Å². The summed E-state index contributed by atoms with van der Waals surface area (Å²) in [4.78, 5) is 2.13. The molecule has 2 atom stereocenters. The molecule has 0 aliphatic heterocycles. The fourth-order valence-electron chi connectivity index (χ4n) is 3.02. The van der Waals surface area contributed by atoms with Crippen LogP contribution in [0.2, 0.25) is 0 Å². The van der Waals surface area contributed by atoms with E-state index in [9.17, 15) is 9.50 Å². The van der Waals surface area contributed by atoms with Crippen molar-refractivity contribution >= 4 is 0 Å². The van der Waals surface area contributed by atoms with Crippen LogP contribution in [-0.4, -0.2) is 36.2 Å². The SMILES string of the molecule is CN(C)CC1CCCC1(O)Cc1ccc(F)cc1. The molecule has 2 unspecified atom stereocenters. The fourth-order valence-corrected chi connectivity index (χ4v) is 3.02. The Labute approximate surface area is 108 Å². The number of nitrogens with zero attached hydrogens (tertiary/aromatic N) is 1. The molecule has 0 amide bonds. The van der Waals surface area contributed by atoms with E-state index in [0.29, 0.717) is 12.3 Å². The summed E-state index contributed by atoms with van der Waals surface area (Å²) in [5, 5.41) is 10.8. The second-order valence-corrected chi connectivity index (χ2v) is 5.76. The molecule has 18 heavy (non-hydrogen) atoms. The standard InChI is InChI=1S/C15H22FNO/c1-17(2)11-13-4-3-9-15(13,18)10-12-5-7-14(16)8-6-12/h5-8,13,18H,3-4,9-11H2,1-2H3. The predicted molar refractivity (Wildman–Crippen MR) is 70.9 cm³/mol. The van der Waals surface area contributed by atoms with Crippen molar-refractivity contribution < 1.29 is 9.50 Å². The average Bonchev–Trinajstić information content (AvgIpc) is 2.63. The fraction of sp³-hybridized carbons (Fsp3) is 0.600. The van der Waals surface area contributed by atoms with E-state index in [-0.39, 0.29) is 5.82 Å². The summed E-state index contributed by atoms with van der Waals surface area (Å²) >= 11 is 0. The van der Waals surface area contributed by atoms with Crippen molar-refractivity contribution in [1.82, 2.24) is 4.90 Å². The van der Waals surface area contributed by atoms with Crippen LogP contribution in [0.15, 0.2) is 24.3 Å². The Morgan fingerprint density at radius 1 is 1.33 bits per heavy atom. The van der Waals surface area contributed by atoms with Crippen molar-refractivity contribution in [2.75, 3.05) is 20.6 Å². The largest absolute Gasteiger partial charge is 0.389 e. The summed E-state index contributed by atoms with van der Waals surface area (Å²) in [6.07, 6.45) is 3.64. The highest BCUT2D eigenvalue weighted by molar-refractivity contribution is 5.19. The Morgan fingerprint density at radius 2 is 2.00 bits per heavy atom. The summed E-state index contributed by atoms with van der Waals surface area (Å²) < 4.78 is 12.9. The van der Waals surface area contributed by atoms with Crippen LogP contribution in [0.1, 0.15) is 24.8 Å². The Hall–Kier alpha value is -0.930. The molecular weight excluding hydrogens is 229 g/mol. The van der Waals surface area contributed by atoms with Gasteiger partial charge >= 0.3 is 0 Å². The molecule has 1 aliphatic rings. The van der Waals surface area contributed by atoms with Crippen molar-refractivity contribution in [2.24, 2.45) is 5.92 Å². The highest BCUT2D eigenvalue weighted by Gasteiger charge is 2.40. The van der Waals surface area contributed by atoms with Gasteiger partial charge in [0, 0.05) is 18.9 Å². The Balaban J connectivity index is 2.07. The molecular formula is C15H22FNO. The van der Waals surface area contributed by atoms with Gasteiger partial charge < -0.3 is 10.0 Å². The second-order valence-electron chi connectivity index (χ2n) is 5.76. The molecule has 3 heteroatoms.